The van der Waals surface area contributed by atoms with Crippen molar-refractivity contribution in [2.75, 3.05) is 13.1 Å². The highest BCUT2D eigenvalue weighted by Crippen LogP contribution is 2.18. The van der Waals surface area contributed by atoms with Crippen LogP contribution in [0.1, 0.15) is 34.5 Å². The summed E-state index contributed by atoms with van der Waals surface area (Å²) in [5.74, 6) is 5.44. The molecule has 1 saturated carbocycles. The summed E-state index contributed by atoms with van der Waals surface area (Å²) in [7, 11) is 0. The summed E-state index contributed by atoms with van der Waals surface area (Å²) < 4.78 is 0. The third-order valence-corrected chi connectivity index (χ3v) is 3.60. The van der Waals surface area contributed by atoms with Gasteiger partial charge in [0.2, 0.25) is 5.91 Å². The molecule has 2 amide bonds. The summed E-state index contributed by atoms with van der Waals surface area (Å²) >= 11 is 1.40. The first kappa shape index (κ1) is 14.6. The number of amides is 2. The van der Waals surface area contributed by atoms with Crippen LogP contribution in [-0.4, -0.2) is 30.9 Å². The Morgan fingerprint density at radius 3 is 2.95 bits per heavy atom. The van der Waals surface area contributed by atoms with Crippen molar-refractivity contribution in [2.24, 2.45) is 5.73 Å². The minimum atomic E-state index is -0.179. The predicted octanol–water partition coefficient (Wildman–Crippen LogP) is 0.457. The van der Waals surface area contributed by atoms with Crippen LogP contribution in [-0.2, 0) is 4.79 Å². The summed E-state index contributed by atoms with van der Waals surface area (Å²) in [4.78, 5) is 24.1. The number of rotatable bonds is 5. The first-order valence-electron chi connectivity index (χ1n) is 6.54. The van der Waals surface area contributed by atoms with Gasteiger partial charge in [0.25, 0.3) is 5.91 Å². The van der Waals surface area contributed by atoms with Gasteiger partial charge in [0.1, 0.15) is 0 Å². The average Bonchev–Trinajstić information content (AvgIpc) is 3.10. The lowest BCUT2D eigenvalue weighted by molar-refractivity contribution is -0.121. The number of thiophene rings is 1. The average molecular weight is 291 g/mol. The van der Waals surface area contributed by atoms with E-state index in [0.29, 0.717) is 31.1 Å². The van der Waals surface area contributed by atoms with Crippen molar-refractivity contribution in [3.05, 3.63) is 21.9 Å². The van der Waals surface area contributed by atoms with Crippen LogP contribution in [0, 0.1) is 11.8 Å². The van der Waals surface area contributed by atoms with Gasteiger partial charge in [0.05, 0.1) is 17.0 Å². The van der Waals surface area contributed by atoms with Crippen LogP contribution < -0.4 is 16.4 Å². The van der Waals surface area contributed by atoms with Crippen molar-refractivity contribution in [1.29, 1.82) is 0 Å². The van der Waals surface area contributed by atoms with Gasteiger partial charge in [-0.1, -0.05) is 11.8 Å². The molecule has 4 N–H and O–H groups in total. The van der Waals surface area contributed by atoms with Crippen LogP contribution in [0.4, 0.5) is 0 Å². The van der Waals surface area contributed by atoms with Crippen LogP contribution in [0.3, 0.4) is 0 Å². The van der Waals surface area contributed by atoms with Crippen LogP contribution in [0.5, 0.6) is 0 Å². The second kappa shape index (κ2) is 7.08. The molecule has 5 nitrogen and oxygen atoms in total. The fourth-order valence-corrected chi connectivity index (χ4v) is 2.33. The minimum absolute atomic E-state index is 0.00683. The smallest absolute Gasteiger partial charge is 0.252 e. The number of carbonyl (C=O) groups excluding carboxylic acids is 2. The van der Waals surface area contributed by atoms with Crippen LogP contribution in [0.15, 0.2) is 11.4 Å². The van der Waals surface area contributed by atoms with E-state index in [-0.39, 0.29) is 11.8 Å². The highest BCUT2D eigenvalue weighted by molar-refractivity contribution is 7.10. The second-order valence-electron chi connectivity index (χ2n) is 4.55. The van der Waals surface area contributed by atoms with Crippen LogP contribution >= 0.6 is 11.3 Å². The fourth-order valence-electron chi connectivity index (χ4n) is 1.58. The van der Waals surface area contributed by atoms with Crippen molar-refractivity contribution in [1.82, 2.24) is 10.6 Å². The van der Waals surface area contributed by atoms with E-state index in [2.05, 4.69) is 22.5 Å². The summed E-state index contributed by atoms with van der Waals surface area (Å²) in [5.41, 5.74) is 5.86. The molecule has 1 aromatic rings. The number of hydrogen-bond donors (Lipinski definition) is 3. The monoisotopic (exact) mass is 291 g/mol. The van der Waals surface area contributed by atoms with E-state index in [1.165, 1.54) is 11.3 Å². The van der Waals surface area contributed by atoms with Gasteiger partial charge in [-0.05, 0) is 18.9 Å². The lowest BCUT2D eigenvalue weighted by Crippen LogP contribution is -2.31. The van der Waals surface area contributed by atoms with Crippen molar-refractivity contribution >= 4 is 23.2 Å². The zero-order chi connectivity index (χ0) is 14.4. The minimum Gasteiger partial charge on any atom is -0.353 e. The Kier molecular flexibility index (Phi) is 5.16. The van der Waals surface area contributed by atoms with Gasteiger partial charge in [0, 0.05) is 24.4 Å². The molecule has 2 rings (SSSR count). The van der Waals surface area contributed by atoms with E-state index in [4.69, 9.17) is 5.73 Å². The zero-order valence-electron chi connectivity index (χ0n) is 11.1. The molecule has 1 aromatic heterocycles. The predicted molar refractivity (Wildman–Crippen MR) is 78.4 cm³/mol. The second-order valence-corrected chi connectivity index (χ2v) is 5.46. The number of hydrogen-bond acceptors (Lipinski definition) is 4. The molecule has 0 radical (unpaired) electrons. The summed E-state index contributed by atoms with van der Waals surface area (Å²) in [6.07, 6.45) is 2.45. The van der Waals surface area contributed by atoms with E-state index in [1.807, 2.05) is 0 Å². The highest BCUT2D eigenvalue weighted by Gasteiger charge is 2.22. The van der Waals surface area contributed by atoms with E-state index in [1.54, 1.807) is 11.4 Å². The lowest BCUT2D eigenvalue weighted by Gasteiger charge is -2.04. The first-order valence-corrected chi connectivity index (χ1v) is 7.42. The summed E-state index contributed by atoms with van der Waals surface area (Å²) in [6.45, 7) is 0.645. The van der Waals surface area contributed by atoms with Crippen molar-refractivity contribution < 1.29 is 9.59 Å². The van der Waals surface area contributed by atoms with Gasteiger partial charge >= 0.3 is 0 Å². The molecule has 1 fully saturated rings. The molecule has 20 heavy (non-hydrogen) atoms. The third-order valence-electron chi connectivity index (χ3n) is 2.76. The maximum absolute atomic E-state index is 11.8. The van der Waals surface area contributed by atoms with Gasteiger partial charge in [-0.2, -0.15) is 0 Å². The molecule has 0 unspecified atom stereocenters. The lowest BCUT2D eigenvalue weighted by atomic mass is 10.3. The summed E-state index contributed by atoms with van der Waals surface area (Å²) in [5, 5.41) is 7.35. The normalized spacial score (nSPS) is 13.2. The van der Waals surface area contributed by atoms with Gasteiger partial charge in [-0.3, -0.25) is 9.59 Å². The molecular formula is C14H17N3O2S. The Morgan fingerprint density at radius 1 is 1.45 bits per heavy atom. The maximum atomic E-state index is 11.8. The van der Waals surface area contributed by atoms with Crippen molar-refractivity contribution in [3.8, 4) is 11.8 Å². The number of nitrogens with one attached hydrogen (secondary N) is 2. The molecule has 0 aliphatic heterocycles. The molecule has 0 bridgehead atoms. The molecule has 0 atom stereocenters. The Morgan fingerprint density at radius 2 is 2.25 bits per heavy atom. The van der Waals surface area contributed by atoms with E-state index in [9.17, 15) is 9.59 Å². The van der Waals surface area contributed by atoms with Gasteiger partial charge in [0.15, 0.2) is 0 Å². The van der Waals surface area contributed by atoms with E-state index in [0.717, 1.165) is 17.7 Å². The molecular weight excluding hydrogens is 274 g/mol. The topological polar surface area (TPSA) is 84.2 Å². The molecule has 1 heterocycles. The maximum Gasteiger partial charge on any atom is 0.252 e. The molecule has 0 spiro atoms. The highest BCUT2D eigenvalue weighted by atomic mass is 32.1. The number of nitrogens with two attached hydrogens (primary N) is 1. The van der Waals surface area contributed by atoms with Gasteiger partial charge in [-0.15, -0.1) is 11.3 Å². The molecule has 106 valence electrons. The molecule has 0 saturated heterocycles. The zero-order valence-corrected chi connectivity index (χ0v) is 11.9. The molecule has 6 heteroatoms. The fraction of sp³-hybridized carbons (Fsp3) is 0.429. The van der Waals surface area contributed by atoms with E-state index >= 15 is 0 Å². The van der Waals surface area contributed by atoms with Crippen LogP contribution in [0.2, 0.25) is 0 Å². The Bertz CT molecular complexity index is 552. The van der Waals surface area contributed by atoms with Crippen molar-refractivity contribution in [3.63, 3.8) is 0 Å². The Labute approximate surface area is 121 Å². The van der Waals surface area contributed by atoms with Gasteiger partial charge < -0.3 is 16.4 Å². The molecule has 0 aromatic carbocycles. The Balaban J connectivity index is 1.73. The molecule has 1 aliphatic carbocycles. The third kappa shape index (κ3) is 4.68. The first-order chi connectivity index (χ1) is 9.69. The van der Waals surface area contributed by atoms with Gasteiger partial charge in [-0.25, -0.2) is 0 Å². The summed E-state index contributed by atoms with van der Waals surface area (Å²) in [6, 6.07) is 2.09. The standard InChI is InChI=1S/C14H17N3O2S/c15-6-1-2-12-8-10(9-20-12)14(19)16-7-5-13(18)17-11-3-4-11/h8-9,11H,3-7,15H2,(H,16,19)(H,17,18). The van der Waals surface area contributed by atoms with Crippen LogP contribution in [0.25, 0.3) is 0 Å². The Hall–Kier alpha value is -1.84. The number of carbonyl (C=O) groups is 2. The van der Waals surface area contributed by atoms with Crippen molar-refractivity contribution in [2.45, 2.75) is 25.3 Å². The molecule has 1 aliphatic rings. The largest absolute Gasteiger partial charge is 0.353 e. The SMILES string of the molecule is NCC#Cc1cc(C(=O)NCCC(=O)NC2CC2)cs1. The quantitative estimate of drug-likeness (QED) is 0.689. The van der Waals surface area contributed by atoms with E-state index < -0.39 is 0 Å².